The molecule has 1 atom stereocenters. The summed E-state index contributed by atoms with van der Waals surface area (Å²) < 4.78 is 5.91. The summed E-state index contributed by atoms with van der Waals surface area (Å²) in [5.74, 6) is 0. The van der Waals surface area contributed by atoms with Crippen molar-refractivity contribution in [1.29, 1.82) is 0 Å². The maximum Gasteiger partial charge on any atom is 0.145 e. The molecule has 0 spiro atoms. The third kappa shape index (κ3) is 2.26. The first-order valence-electron chi connectivity index (χ1n) is 5.77. The van der Waals surface area contributed by atoms with E-state index in [0.29, 0.717) is 6.61 Å². The summed E-state index contributed by atoms with van der Waals surface area (Å²) in [6.07, 6.45) is 2.00. The molecule has 1 heterocycles. The van der Waals surface area contributed by atoms with Gasteiger partial charge in [-0.25, -0.2) is 0 Å². The van der Waals surface area contributed by atoms with Crippen molar-refractivity contribution < 1.29 is 9.84 Å². The van der Waals surface area contributed by atoms with Crippen LogP contribution in [0, 0.1) is 0 Å². The van der Waals surface area contributed by atoms with E-state index >= 15 is 0 Å². The van der Waals surface area contributed by atoms with Gasteiger partial charge < -0.3 is 9.84 Å². The van der Waals surface area contributed by atoms with Gasteiger partial charge in [0.2, 0.25) is 0 Å². The molecule has 0 aliphatic carbocycles. The number of likely N-dealkylation sites (tertiary alicyclic amines) is 1. The molecule has 1 aromatic rings. The van der Waals surface area contributed by atoms with Crippen molar-refractivity contribution in [3.05, 3.63) is 35.9 Å². The van der Waals surface area contributed by atoms with Gasteiger partial charge in [-0.1, -0.05) is 30.3 Å². The standard InChI is InChI=1S/C13H19NO2/c1-14-9-5-8-13(14,11-15)16-10-12-6-3-2-4-7-12/h2-4,6-7,15H,5,8-11H2,1H3/t13-/m0/s1. The van der Waals surface area contributed by atoms with Crippen LogP contribution >= 0.6 is 0 Å². The lowest BCUT2D eigenvalue weighted by Crippen LogP contribution is -2.47. The third-order valence-corrected chi connectivity index (χ3v) is 3.35. The molecule has 2 rings (SSSR count). The van der Waals surface area contributed by atoms with Crippen LogP contribution in [0.15, 0.2) is 30.3 Å². The Bertz CT molecular complexity index is 328. The van der Waals surface area contributed by atoms with Crippen molar-refractivity contribution in [2.75, 3.05) is 20.2 Å². The van der Waals surface area contributed by atoms with E-state index in [9.17, 15) is 5.11 Å². The van der Waals surface area contributed by atoms with Gasteiger partial charge in [0, 0.05) is 6.54 Å². The molecule has 0 unspecified atom stereocenters. The smallest absolute Gasteiger partial charge is 0.145 e. The quantitative estimate of drug-likeness (QED) is 0.838. The molecule has 1 fully saturated rings. The second-order valence-corrected chi connectivity index (χ2v) is 4.40. The van der Waals surface area contributed by atoms with Crippen molar-refractivity contribution in [3.63, 3.8) is 0 Å². The first kappa shape index (κ1) is 11.6. The highest BCUT2D eigenvalue weighted by atomic mass is 16.5. The average Bonchev–Trinajstić information content (AvgIpc) is 2.70. The second-order valence-electron chi connectivity index (χ2n) is 4.40. The molecule has 0 bridgehead atoms. The Morgan fingerprint density at radius 2 is 2.12 bits per heavy atom. The summed E-state index contributed by atoms with van der Waals surface area (Å²) in [5.41, 5.74) is 0.686. The van der Waals surface area contributed by atoms with Gasteiger partial charge in [0.15, 0.2) is 0 Å². The maximum absolute atomic E-state index is 9.50. The molecular formula is C13H19NO2. The molecule has 1 saturated heterocycles. The zero-order chi connectivity index (χ0) is 11.4. The molecule has 0 radical (unpaired) electrons. The Morgan fingerprint density at radius 3 is 2.69 bits per heavy atom. The minimum absolute atomic E-state index is 0.0658. The van der Waals surface area contributed by atoms with E-state index in [4.69, 9.17) is 4.74 Å². The van der Waals surface area contributed by atoms with Gasteiger partial charge in [-0.05, 0) is 25.5 Å². The highest BCUT2D eigenvalue weighted by Gasteiger charge is 2.39. The lowest BCUT2D eigenvalue weighted by molar-refractivity contribution is -0.160. The third-order valence-electron chi connectivity index (χ3n) is 3.35. The van der Waals surface area contributed by atoms with Crippen LogP contribution in [0.3, 0.4) is 0 Å². The fraction of sp³-hybridized carbons (Fsp3) is 0.538. The van der Waals surface area contributed by atoms with Crippen LogP contribution in [-0.4, -0.2) is 35.9 Å². The van der Waals surface area contributed by atoms with Crippen LogP contribution in [0.1, 0.15) is 18.4 Å². The number of aliphatic hydroxyl groups is 1. The largest absolute Gasteiger partial charge is 0.392 e. The number of rotatable bonds is 4. The van der Waals surface area contributed by atoms with E-state index in [2.05, 4.69) is 4.90 Å². The molecule has 0 saturated carbocycles. The number of aliphatic hydroxyl groups excluding tert-OH is 1. The topological polar surface area (TPSA) is 32.7 Å². The van der Waals surface area contributed by atoms with Crippen LogP contribution in [0.2, 0.25) is 0 Å². The molecule has 0 aromatic heterocycles. The number of hydrogen-bond donors (Lipinski definition) is 1. The molecule has 1 N–H and O–H groups in total. The summed E-state index contributed by atoms with van der Waals surface area (Å²) in [7, 11) is 2.01. The Hall–Kier alpha value is -0.900. The zero-order valence-electron chi connectivity index (χ0n) is 9.72. The lowest BCUT2D eigenvalue weighted by atomic mass is 10.1. The molecule has 16 heavy (non-hydrogen) atoms. The Balaban J connectivity index is 1.98. The minimum Gasteiger partial charge on any atom is -0.392 e. The summed E-state index contributed by atoms with van der Waals surface area (Å²) in [4.78, 5) is 2.11. The molecule has 1 aliphatic heterocycles. The van der Waals surface area contributed by atoms with Crippen molar-refractivity contribution in [2.24, 2.45) is 0 Å². The van der Waals surface area contributed by atoms with Gasteiger partial charge in [0.05, 0.1) is 13.2 Å². The molecule has 1 aliphatic rings. The summed E-state index contributed by atoms with van der Waals surface area (Å²) in [5, 5.41) is 9.50. The van der Waals surface area contributed by atoms with E-state index in [1.165, 1.54) is 0 Å². The Morgan fingerprint density at radius 1 is 1.38 bits per heavy atom. The van der Waals surface area contributed by atoms with Crippen molar-refractivity contribution >= 4 is 0 Å². The van der Waals surface area contributed by atoms with Gasteiger partial charge in [-0.3, -0.25) is 4.90 Å². The summed E-state index contributed by atoms with van der Waals surface area (Å²) in [6, 6.07) is 10.1. The van der Waals surface area contributed by atoms with E-state index in [-0.39, 0.29) is 6.61 Å². The minimum atomic E-state index is -0.462. The number of hydrogen-bond acceptors (Lipinski definition) is 3. The summed E-state index contributed by atoms with van der Waals surface area (Å²) >= 11 is 0. The van der Waals surface area contributed by atoms with Gasteiger partial charge in [-0.15, -0.1) is 0 Å². The second kappa shape index (κ2) is 4.95. The van der Waals surface area contributed by atoms with E-state index in [1.807, 2.05) is 37.4 Å². The Labute approximate surface area is 96.6 Å². The van der Waals surface area contributed by atoms with Gasteiger partial charge in [0.1, 0.15) is 5.72 Å². The fourth-order valence-electron chi connectivity index (χ4n) is 2.21. The first-order chi connectivity index (χ1) is 7.77. The molecule has 3 nitrogen and oxygen atoms in total. The van der Waals surface area contributed by atoms with Gasteiger partial charge in [0.25, 0.3) is 0 Å². The molecule has 3 heteroatoms. The van der Waals surface area contributed by atoms with Gasteiger partial charge >= 0.3 is 0 Å². The molecule has 88 valence electrons. The molecular weight excluding hydrogens is 202 g/mol. The van der Waals surface area contributed by atoms with Crippen LogP contribution in [0.4, 0.5) is 0 Å². The highest BCUT2D eigenvalue weighted by molar-refractivity contribution is 5.13. The average molecular weight is 221 g/mol. The normalized spacial score (nSPS) is 26.1. The molecule has 1 aromatic carbocycles. The van der Waals surface area contributed by atoms with Crippen LogP contribution in [-0.2, 0) is 11.3 Å². The van der Waals surface area contributed by atoms with E-state index < -0.39 is 5.72 Å². The Kier molecular flexibility index (Phi) is 3.59. The van der Waals surface area contributed by atoms with Crippen LogP contribution in [0.25, 0.3) is 0 Å². The van der Waals surface area contributed by atoms with E-state index in [0.717, 1.165) is 24.9 Å². The fourth-order valence-corrected chi connectivity index (χ4v) is 2.21. The first-order valence-corrected chi connectivity index (χ1v) is 5.77. The van der Waals surface area contributed by atoms with Crippen LogP contribution in [0.5, 0.6) is 0 Å². The monoisotopic (exact) mass is 221 g/mol. The van der Waals surface area contributed by atoms with Crippen molar-refractivity contribution in [1.82, 2.24) is 4.90 Å². The number of likely N-dealkylation sites (N-methyl/N-ethyl adjacent to an activating group) is 1. The number of benzene rings is 1. The van der Waals surface area contributed by atoms with Crippen LogP contribution < -0.4 is 0 Å². The van der Waals surface area contributed by atoms with Crippen molar-refractivity contribution in [2.45, 2.75) is 25.2 Å². The predicted molar refractivity (Wildman–Crippen MR) is 62.9 cm³/mol. The predicted octanol–water partition coefficient (Wildman–Crippen LogP) is 1.62. The molecule has 0 amide bonds. The number of nitrogens with zero attached hydrogens (tertiary/aromatic N) is 1. The SMILES string of the molecule is CN1CCC[C@@]1(CO)OCc1ccccc1. The van der Waals surface area contributed by atoms with Crippen molar-refractivity contribution in [3.8, 4) is 0 Å². The lowest BCUT2D eigenvalue weighted by Gasteiger charge is -2.34. The highest BCUT2D eigenvalue weighted by Crippen LogP contribution is 2.29. The zero-order valence-corrected chi connectivity index (χ0v) is 9.72. The number of ether oxygens (including phenoxy) is 1. The van der Waals surface area contributed by atoms with Gasteiger partial charge in [-0.2, -0.15) is 0 Å². The maximum atomic E-state index is 9.50. The summed E-state index contributed by atoms with van der Waals surface area (Å²) in [6.45, 7) is 1.62. The van der Waals surface area contributed by atoms with E-state index in [1.54, 1.807) is 0 Å².